The standard InChI is InChI=1S/C56H71N9O10/c1-6-7-11-35-14-17-37(18-15-35)38-19-21-39(22-20-38)52(71)59-31-32(2)50(69)62-43(12-8-9-26-57)56(75)64(5)48-40-23-25-47(67)42(30-40)41-28-36(16-24-46(41)66)29-44(63-51(70)33(3)60-54(48)73)53(72)61-34(4)55(74)65-27-10-13-45(65)49(58)68/h14-25,28,30,32-34,43-45,48,66-67H,6-13,26-27,29,31,57H2,1-5H3,(H2,58,68)(H,59,71)(H,60,73)(H,61,72)(H,62,69)(H,63,70)/t32-,33+,34+,43+,44+,45+,48?/m1/s1. The summed E-state index contributed by atoms with van der Waals surface area (Å²) in [4.78, 5) is 112. The lowest BCUT2D eigenvalue weighted by molar-refractivity contribution is -0.143. The average molecular weight is 1030 g/mol. The summed E-state index contributed by atoms with van der Waals surface area (Å²) in [6.07, 6.45) is 5.10. The van der Waals surface area contributed by atoms with E-state index in [2.05, 4.69) is 57.8 Å². The maximum Gasteiger partial charge on any atom is 0.251 e. The summed E-state index contributed by atoms with van der Waals surface area (Å²) in [6.45, 7) is 7.12. The van der Waals surface area contributed by atoms with E-state index in [0.29, 0.717) is 43.4 Å². The topological polar surface area (TPSA) is 296 Å². The smallest absolute Gasteiger partial charge is 0.251 e. The number of rotatable bonds is 19. The van der Waals surface area contributed by atoms with Gasteiger partial charge in [-0.25, -0.2) is 0 Å². The van der Waals surface area contributed by atoms with E-state index in [4.69, 9.17) is 11.5 Å². The summed E-state index contributed by atoms with van der Waals surface area (Å²) >= 11 is 0. The minimum Gasteiger partial charge on any atom is -0.507 e. The van der Waals surface area contributed by atoms with Gasteiger partial charge in [0.05, 0.1) is 5.92 Å². The molecule has 19 heteroatoms. The second-order valence-corrected chi connectivity index (χ2v) is 19.6. The highest BCUT2D eigenvalue weighted by Crippen LogP contribution is 2.39. The molecule has 0 radical (unpaired) electrons. The Labute approximate surface area is 437 Å². The third-order valence-electron chi connectivity index (χ3n) is 13.9. The van der Waals surface area contributed by atoms with E-state index in [1.807, 2.05) is 12.1 Å². The Bertz CT molecular complexity index is 2730. The molecule has 1 fully saturated rings. The first-order chi connectivity index (χ1) is 35.8. The molecule has 75 heavy (non-hydrogen) atoms. The number of unbranched alkanes of at least 4 members (excludes halogenated alkanes) is 2. The molecule has 1 saturated heterocycles. The van der Waals surface area contributed by atoms with Crippen molar-refractivity contribution in [3.63, 3.8) is 0 Å². The fourth-order valence-electron chi connectivity index (χ4n) is 9.40. The van der Waals surface area contributed by atoms with E-state index in [1.54, 1.807) is 19.1 Å². The maximum atomic E-state index is 14.7. The number of hydrogen-bond donors (Lipinski definition) is 9. The number of hydrogen-bond acceptors (Lipinski definition) is 11. The second kappa shape index (κ2) is 25.9. The fourth-order valence-corrected chi connectivity index (χ4v) is 9.40. The zero-order valence-electron chi connectivity index (χ0n) is 43.3. The van der Waals surface area contributed by atoms with Crippen LogP contribution in [0.25, 0.3) is 22.3 Å². The number of likely N-dealkylation sites (N-methyl/N-ethyl adjacent to an activating group) is 1. The van der Waals surface area contributed by atoms with Crippen LogP contribution in [0, 0.1) is 5.92 Å². The number of benzene rings is 4. The Hall–Kier alpha value is -7.80. The first kappa shape index (κ1) is 56.5. The van der Waals surface area contributed by atoms with Gasteiger partial charge in [0.25, 0.3) is 5.91 Å². The van der Waals surface area contributed by atoms with Crippen molar-refractivity contribution in [1.82, 2.24) is 36.4 Å². The zero-order valence-corrected chi connectivity index (χ0v) is 43.3. The predicted octanol–water partition coefficient (Wildman–Crippen LogP) is 3.48. The van der Waals surface area contributed by atoms with Crippen LogP contribution in [0.4, 0.5) is 0 Å². The Balaban J connectivity index is 1.20. The molecule has 6 rings (SSSR count). The summed E-state index contributed by atoms with van der Waals surface area (Å²) in [6, 6.07) is 16.8. The van der Waals surface area contributed by atoms with Gasteiger partial charge >= 0.3 is 0 Å². The van der Waals surface area contributed by atoms with Crippen molar-refractivity contribution < 1.29 is 48.6 Å². The first-order valence-corrected chi connectivity index (χ1v) is 25.7. The lowest BCUT2D eigenvalue weighted by atomic mass is 9.93. The molecule has 2 aliphatic rings. The van der Waals surface area contributed by atoms with Crippen LogP contribution in [0.15, 0.2) is 84.9 Å². The van der Waals surface area contributed by atoms with Crippen LogP contribution in [0.2, 0.25) is 0 Å². The van der Waals surface area contributed by atoms with Crippen molar-refractivity contribution in [1.29, 1.82) is 0 Å². The molecule has 4 aromatic carbocycles. The molecule has 8 amide bonds. The predicted molar refractivity (Wildman–Crippen MR) is 282 cm³/mol. The number of aromatic hydroxyl groups is 2. The largest absolute Gasteiger partial charge is 0.507 e. The van der Waals surface area contributed by atoms with Crippen LogP contribution < -0.4 is 38.1 Å². The minimum atomic E-state index is -1.50. The maximum absolute atomic E-state index is 14.7. The summed E-state index contributed by atoms with van der Waals surface area (Å²) in [5.74, 6) is -6.59. The van der Waals surface area contributed by atoms with E-state index in [9.17, 15) is 48.6 Å². The Kier molecular flexibility index (Phi) is 19.5. The van der Waals surface area contributed by atoms with E-state index >= 15 is 0 Å². The molecule has 1 unspecified atom stereocenters. The van der Waals surface area contributed by atoms with Gasteiger partial charge in [0, 0.05) is 43.2 Å². The van der Waals surface area contributed by atoms with Crippen molar-refractivity contribution in [2.75, 3.05) is 26.7 Å². The molecule has 7 atom stereocenters. The zero-order chi connectivity index (χ0) is 54.5. The molecular formula is C56H71N9O10. The van der Waals surface area contributed by atoms with Crippen LogP contribution in [0.5, 0.6) is 11.5 Å². The lowest BCUT2D eigenvalue weighted by Crippen LogP contribution is -2.58. The van der Waals surface area contributed by atoms with Gasteiger partial charge in [-0.1, -0.05) is 68.8 Å². The Morgan fingerprint density at radius 3 is 2.13 bits per heavy atom. The highest BCUT2D eigenvalue weighted by molar-refractivity contribution is 5.98. The van der Waals surface area contributed by atoms with Crippen molar-refractivity contribution in [2.45, 2.75) is 122 Å². The quantitative estimate of drug-likeness (QED) is 0.0613. The molecular weight excluding hydrogens is 959 g/mol. The molecule has 2 aliphatic heterocycles. The number of nitrogens with one attached hydrogen (secondary N) is 5. The van der Waals surface area contributed by atoms with E-state index < -0.39 is 83.5 Å². The number of carbonyl (C=O) groups is 8. The Morgan fingerprint density at radius 2 is 1.48 bits per heavy atom. The number of likely N-dealkylation sites (tertiary alicyclic amines) is 1. The van der Waals surface area contributed by atoms with Gasteiger partial charge in [-0.05, 0) is 130 Å². The Morgan fingerprint density at radius 1 is 0.827 bits per heavy atom. The molecule has 0 saturated carbocycles. The summed E-state index contributed by atoms with van der Waals surface area (Å²) in [7, 11) is 1.36. The number of primary amides is 1. The molecule has 400 valence electrons. The SMILES string of the molecule is CCCCc1ccc(-c2ccc(C(=O)NC[C@@H](C)C(=O)N[C@@H](CCCCN)C(=O)N(C)C3C(=O)N[C@@H](C)C(=O)N[C@H](C(=O)N[C@@H](C)C(=O)N4CCC[C@H]4C(N)=O)Cc4ccc(O)c(c4)-c4cc3ccc4O)cc2)cc1. The highest BCUT2D eigenvalue weighted by Gasteiger charge is 2.38. The van der Waals surface area contributed by atoms with E-state index in [0.717, 1.165) is 35.3 Å². The molecule has 0 aliphatic carbocycles. The number of fused-ring (bicyclic) bond motifs is 5. The number of carbonyl (C=O) groups excluding carboxylic acids is 8. The molecule has 11 N–H and O–H groups in total. The average Bonchev–Trinajstić information content (AvgIpc) is 3.90. The van der Waals surface area contributed by atoms with Gasteiger partial charge in [0.2, 0.25) is 41.4 Å². The number of nitrogens with zero attached hydrogens (tertiary/aromatic N) is 2. The van der Waals surface area contributed by atoms with Gasteiger partial charge in [0.15, 0.2) is 0 Å². The minimum absolute atomic E-state index is 0.0594. The van der Waals surface area contributed by atoms with Gasteiger partial charge < -0.3 is 58.1 Å². The van der Waals surface area contributed by atoms with Crippen molar-refractivity contribution in [3.8, 4) is 33.8 Å². The van der Waals surface area contributed by atoms with Crippen LogP contribution in [-0.4, -0.2) is 124 Å². The number of nitrogens with two attached hydrogens (primary N) is 2. The van der Waals surface area contributed by atoms with Gasteiger partial charge in [-0.2, -0.15) is 0 Å². The third kappa shape index (κ3) is 14.3. The molecule has 19 nitrogen and oxygen atoms in total. The molecule has 4 aromatic rings. The second-order valence-electron chi connectivity index (χ2n) is 19.6. The van der Waals surface area contributed by atoms with Crippen molar-refractivity contribution >= 4 is 47.3 Å². The van der Waals surface area contributed by atoms with Crippen LogP contribution in [0.1, 0.15) is 106 Å². The van der Waals surface area contributed by atoms with Gasteiger partial charge in [0.1, 0.15) is 47.8 Å². The summed E-state index contributed by atoms with van der Waals surface area (Å²) in [5, 5.41) is 36.0. The molecule has 4 bridgehead atoms. The van der Waals surface area contributed by atoms with Crippen molar-refractivity contribution in [3.05, 3.63) is 107 Å². The fraction of sp³-hybridized carbons (Fsp3) is 0.429. The van der Waals surface area contributed by atoms with Gasteiger partial charge in [-0.3, -0.25) is 38.4 Å². The number of phenolic OH excluding ortho intramolecular Hbond substituents is 2. The van der Waals surface area contributed by atoms with Crippen LogP contribution in [-0.2, 0) is 46.4 Å². The van der Waals surface area contributed by atoms with Crippen LogP contribution in [0.3, 0.4) is 0 Å². The highest BCUT2D eigenvalue weighted by atomic mass is 16.3. The monoisotopic (exact) mass is 1030 g/mol. The molecule has 2 heterocycles. The first-order valence-electron chi connectivity index (χ1n) is 25.7. The van der Waals surface area contributed by atoms with E-state index in [1.165, 1.54) is 67.8 Å². The van der Waals surface area contributed by atoms with Crippen molar-refractivity contribution in [2.24, 2.45) is 17.4 Å². The third-order valence-corrected chi connectivity index (χ3v) is 13.9. The molecule has 0 spiro atoms. The number of aryl methyl sites for hydroxylation is 1. The lowest BCUT2D eigenvalue weighted by Gasteiger charge is -2.33. The summed E-state index contributed by atoms with van der Waals surface area (Å²) < 4.78 is 0. The van der Waals surface area contributed by atoms with Gasteiger partial charge in [-0.15, -0.1) is 0 Å². The molecule has 0 aromatic heterocycles. The number of amides is 8. The normalized spacial score (nSPS) is 18.8. The van der Waals surface area contributed by atoms with E-state index in [-0.39, 0.29) is 60.0 Å². The summed E-state index contributed by atoms with van der Waals surface area (Å²) in [5.41, 5.74) is 15.8. The van der Waals surface area contributed by atoms with Crippen LogP contribution >= 0.6 is 0 Å². The number of phenols is 2.